The summed E-state index contributed by atoms with van der Waals surface area (Å²) in [5.41, 5.74) is 1.81. The average Bonchev–Trinajstić information content (AvgIpc) is 3.24. The lowest BCUT2D eigenvalue weighted by atomic mass is 10.0. The SMILES string of the molecule is C/C(=N/N=C1\NC(=O)/C(=C\c2ccc(C)o2)S1)c1cccc2ccccc12. The number of carbonyl (C=O) groups is 1. The van der Waals surface area contributed by atoms with Crippen molar-refractivity contribution in [1.29, 1.82) is 0 Å². The summed E-state index contributed by atoms with van der Waals surface area (Å²) < 4.78 is 5.49. The van der Waals surface area contributed by atoms with Gasteiger partial charge in [0, 0.05) is 11.6 Å². The molecule has 1 fully saturated rings. The van der Waals surface area contributed by atoms with Gasteiger partial charge in [-0.3, -0.25) is 10.1 Å². The highest BCUT2D eigenvalue weighted by Crippen LogP contribution is 2.27. The van der Waals surface area contributed by atoms with Crippen molar-refractivity contribution in [3.05, 3.63) is 76.6 Å². The number of amides is 1. The molecule has 134 valence electrons. The highest BCUT2D eigenvalue weighted by Gasteiger charge is 2.24. The molecule has 1 saturated heterocycles. The van der Waals surface area contributed by atoms with Crippen molar-refractivity contribution in [2.24, 2.45) is 10.2 Å². The van der Waals surface area contributed by atoms with Gasteiger partial charge < -0.3 is 4.42 Å². The standard InChI is InChI=1S/C21H17N3O2S/c1-13-10-11-16(26-13)12-19-20(25)22-21(27-19)24-23-14(2)17-9-5-7-15-6-3-4-8-18(15)17/h3-12H,1-2H3,(H,22,24,25)/b19-12+,23-14-. The van der Waals surface area contributed by atoms with Crippen molar-refractivity contribution in [2.45, 2.75) is 13.8 Å². The lowest BCUT2D eigenvalue weighted by Gasteiger charge is -2.04. The van der Waals surface area contributed by atoms with Crippen LogP contribution in [-0.2, 0) is 4.79 Å². The van der Waals surface area contributed by atoms with Gasteiger partial charge in [0.2, 0.25) is 0 Å². The molecule has 0 atom stereocenters. The molecule has 0 saturated carbocycles. The Kier molecular flexibility index (Phi) is 4.64. The van der Waals surface area contributed by atoms with Crippen molar-refractivity contribution < 1.29 is 9.21 Å². The first kappa shape index (κ1) is 17.3. The van der Waals surface area contributed by atoms with Gasteiger partial charge in [0.25, 0.3) is 5.91 Å². The zero-order valence-electron chi connectivity index (χ0n) is 14.9. The second kappa shape index (κ2) is 7.25. The summed E-state index contributed by atoms with van der Waals surface area (Å²) in [6.07, 6.45) is 1.71. The maximum atomic E-state index is 12.1. The van der Waals surface area contributed by atoms with Crippen LogP contribution in [0.2, 0.25) is 0 Å². The molecule has 1 aromatic heterocycles. The number of aryl methyl sites for hydroxylation is 1. The summed E-state index contributed by atoms with van der Waals surface area (Å²) in [4.78, 5) is 12.6. The Morgan fingerprint density at radius 3 is 2.74 bits per heavy atom. The molecule has 3 aromatic rings. The average molecular weight is 375 g/mol. The highest BCUT2D eigenvalue weighted by atomic mass is 32.2. The van der Waals surface area contributed by atoms with Crippen LogP contribution in [0, 0.1) is 6.92 Å². The van der Waals surface area contributed by atoms with Crippen LogP contribution < -0.4 is 5.32 Å². The van der Waals surface area contributed by atoms with Crippen LogP contribution in [-0.4, -0.2) is 16.8 Å². The molecule has 1 amide bonds. The Morgan fingerprint density at radius 1 is 1.11 bits per heavy atom. The third-order valence-electron chi connectivity index (χ3n) is 4.16. The molecule has 6 heteroatoms. The molecular weight excluding hydrogens is 358 g/mol. The van der Waals surface area contributed by atoms with Gasteiger partial charge >= 0.3 is 0 Å². The van der Waals surface area contributed by atoms with E-state index in [4.69, 9.17) is 4.42 Å². The van der Waals surface area contributed by atoms with E-state index in [-0.39, 0.29) is 5.91 Å². The molecule has 1 aliphatic heterocycles. The van der Waals surface area contributed by atoms with E-state index in [9.17, 15) is 4.79 Å². The molecule has 2 aromatic carbocycles. The molecular formula is C21H17N3O2S. The maximum Gasteiger partial charge on any atom is 0.264 e. The summed E-state index contributed by atoms with van der Waals surface area (Å²) in [5.74, 6) is 1.24. The topological polar surface area (TPSA) is 67.0 Å². The van der Waals surface area contributed by atoms with E-state index in [1.165, 1.54) is 11.8 Å². The Balaban J connectivity index is 1.59. The van der Waals surface area contributed by atoms with E-state index in [1.807, 2.05) is 50.2 Å². The third kappa shape index (κ3) is 3.71. The Morgan fingerprint density at radius 2 is 1.93 bits per heavy atom. The second-order valence-electron chi connectivity index (χ2n) is 6.13. The number of furan rings is 1. The van der Waals surface area contributed by atoms with Gasteiger partial charge in [0.15, 0.2) is 5.17 Å². The van der Waals surface area contributed by atoms with Crippen LogP contribution in [0.1, 0.15) is 24.0 Å². The second-order valence-corrected chi connectivity index (χ2v) is 7.16. The normalized spacial score (nSPS) is 17.9. The van der Waals surface area contributed by atoms with Crippen molar-refractivity contribution in [3.8, 4) is 0 Å². The van der Waals surface area contributed by atoms with Crippen LogP contribution in [0.25, 0.3) is 16.8 Å². The predicted octanol–water partition coefficient (Wildman–Crippen LogP) is 4.73. The molecule has 27 heavy (non-hydrogen) atoms. The largest absolute Gasteiger partial charge is 0.462 e. The van der Waals surface area contributed by atoms with Crippen molar-refractivity contribution in [1.82, 2.24) is 5.32 Å². The van der Waals surface area contributed by atoms with E-state index in [0.717, 1.165) is 27.8 Å². The Hall–Kier alpha value is -3.12. The number of nitrogens with one attached hydrogen (secondary N) is 1. The van der Waals surface area contributed by atoms with E-state index in [1.54, 1.807) is 6.08 Å². The number of hydrogen-bond acceptors (Lipinski definition) is 5. The first-order valence-corrected chi connectivity index (χ1v) is 9.29. The fourth-order valence-corrected chi connectivity index (χ4v) is 3.60. The number of hydrogen-bond donors (Lipinski definition) is 1. The minimum Gasteiger partial charge on any atom is -0.462 e. The van der Waals surface area contributed by atoms with Gasteiger partial charge in [-0.1, -0.05) is 42.5 Å². The van der Waals surface area contributed by atoms with Crippen LogP contribution >= 0.6 is 11.8 Å². The Bertz CT molecular complexity index is 1120. The molecule has 2 heterocycles. The van der Waals surface area contributed by atoms with E-state index in [2.05, 4.69) is 33.7 Å². The van der Waals surface area contributed by atoms with Crippen molar-refractivity contribution >= 4 is 45.4 Å². The first-order chi connectivity index (χ1) is 13.1. The van der Waals surface area contributed by atoms with Gasteiger partial charge in [0.05, 0.1) is 10.6 Å². The fourth-order valence-electron chi connectivity index (χ4n) is 2.85. The van der Waals surface area contributed by atoms with Gasteiger partial charge in [-0.25, -0.2) is 0 Å². The molecule has 1 N–H and O–H groups in total. The number of amidine groups is 1. The summed E-state index contributed by atoms with van der Waals surface area (Å²) in [6, 6.07) is 17.9. The van der Waals surface area contributed by atoms with Gasteiger partial charge in [0.1, 0.15) is 11.5 Å². The smallest absolute Gasteiger partial charge is 0.264 e. The van der Waals surface area contributed by atoms with E-state index >= 15 is 0 Å². The predicted molar refractivity (Wildman–Crippen MR) is 111 cm³/mol. The van der Waals surface area contributed by atoms with Crippen LogP contribution in [0.3, 0.4) is 0 Å². The lowest BCUT2D eigenvalue weighted by molar-refractivity contribution is -0.115. The number of nitrogens with zero attached hydrogens (tertiary/aromatic N) is 2. The molecule has 5 nitrogen and oxygen atoms in total. The number of rotatable bonds is 3. The zero-order chi connectivity index (χ0) is 18.8. The Labute approximate surface area is 160 Å². The quantitative estimate of drug-likeness (QED) is 0.409. The van der Waals surface area contributed by atoms with Crippen LogP contribution in [0.15, 0.2) is 74.1 Å². The monoisotopic (exact) mass is 375 g/mol. The number of carbonyl (C=O) groups excluding carboxylic acids is 1. The summed E-state index contributed by atoms with van der Waals surface area (Å²) in [6.45, 7) is 3.77. The number of thioether (sulfide) groups is 1. The molecule has 0 bridgehead atoms. The third-order valence-corrected chi connectivity index (χ3v) is 5.06. The molecule has 1 aliphatic rings. The van der Waals surface area contributed by atoms with Crippen LogP contribution in [0.5, 0.6) is 0 Å². The van der Waals surface area contributed by atoms with Crippen molar-refractivity contribution in [2.75, 3.05) is 0 Å². The summed E-state index contributed by atoms with van der Waals surface area (Å²) >= 11 is 1.25. The van der Waals surface area contributed by atoms with Gasteiger partial charge in [-0.05, 0) is 48.5 Å². The first-order valence-electron chi connectivity index (χ1n) is 8.48. The molecule has 0 radical (unpaired) electrons. The summed E-state index contributed by atoms with van der Waals surface area (Å²) in [7, 11) is 0. The fraction of sp³-hybridized carbons (Fsp3) is 0.0952. The minimum atomic E-state index is -0.203. The molecule has 0 spiro atoms. The summed E-state index contributed by atoms with van der Waals surface area (Å²) in [5, 5.41) is 14.0. The van der Waals surface area contributed by atoms with Crippen LogP contribution in [0.4, 0.5) is 0 Å². The number of benzene rings is 2. The highest BCUT2D eigenvalue weighted by molar-refractivity contribution is 8.18. The van der Waals surface area contributed by atoms with E-state index in [0.29, 0.717) is 15.8 Å². The van der Waals surface area contributed by atoms with Gasteiger partial charge in [-0.15, -0.1) is 5.10 Å². The van der Waals surface area contributed by atoms with Gasteiger partial charge in [-0.2, -0.15) is 5.10 Å². The number of fused-ring (bicyclic) bond motifs is 1. The molecule has 0 unspecified atom stereocenters. The lowest BCUT2D eigenvalue weighted by Crippen LogP contribution is -2.19. The zero-order valence-corrected chi connectivity index (χ0v) is 15.7. The molecule has 0 aliphatic carbocycles. The molecule has 4 rings (SSSR count). The van der Waals surface area contributed by atoms with Crippen molar-refractivity contribution in [3.63, 3.8) is 0 Å². The van der Waals surface area contributed by atoms with E-state index < -0.39 is 0 Å². The maximum absolute atomic E-state index is 12.1. The minimum absolute atomic E-state index is 0.203.